The highest BCUT2D eigenvalue weighted by Crippen LogP contribution is 2.22. The lowest BCUT2D eigenvalue weighted by atomic mass is 10.0. The first-order valence-electron chi connectivity index (χ1n) is 13.2. The fourth-order valence-electron chi connectivity index (χ4n) is 4.21. The third-order valence-corrected chi connectivity index (χ3v) is 6.36. The molecule has 2 heterocycles. The van der Waals surface area contributed by atoms with E-state index in [-0.39, 0.29) is 0 Å². The summed E-state index contributed by atoms with van der Waals surface area (Å²) in [5.74, 6) is 0.749. The van der Waals surface area contributed by atoms with E-state index in [4.69, 9.17) is 0 Å². The average molecular weight is 444 g/mol. The van der Waals surface area contributed by atoms with Crippen LogP contribution in [0.2, 0.25) is 0 Å². The lowest BCUT2D eigenvalue weighted by molar-refractivity contribution is 0.607. The van der Waals surface area contributed by atoms with Crippen molar-refractivity contribution in [3.63, 3.8) is 0 Å². The minimum Gasteiger partial charge on any atom is -0.255 e. The zero-order valence-corrected chi connectivity index (χ0v) is 20.7. The van der Waals surface area contributed by atoms with Crippen molar-refractivity contribution in [1.82, 2.24) is 15.0 Å². The third-order valence-electron chi connectivity index (χ3n) is 6.36. The van der Waals surface area contributed by atoms with Crippen LogP contribution in [0.5, 0.6) is 0 Å². The second-order valence-electron chi connectivity index (χ2n) is 9.23. The molecule has 0 N–H and O–H groups in total. The Hall–Kier alpha value is -2.55. The first-order valence-corrected chi connectivity index (χ1v) is 13.2. The molecular formula is C30H41N3. The fourth-order valence-corrected chi connectivity index (χ4v) is 4.21. The van der Waals surface area contributed by atoms with Crippen LogP contribution in [0.15, 0.2) is 55.0 Å². The summed E-state index contributed by atoms with van der Waals surface area (Å²) in [7, 11) is 0. The van der Waals surface area contributed by atoms with E-state index < -0.39 is 0 Å². The number of hydrogen-bond acceptors (Lipinski definition) is 3. The van der Waals surface area contributed by atoms with Gasteiger partial charge in [-0.1, -0.05) is 95.9 Å². The maximum absolute atomic E-state index is 4.68. The molecule has 3 aromatic rings. The standard InChI is InChI=1S/C30H41N3/c1-3-5-7-9-11-13-15-26-22-32-30(33-23-26)28-20-21-29(31-24-28)27-18-16-25(17-19-27)14-12-10-8-6-4-2/h16-24H,3-15H2,1-2H3. The Labute approximate surface area is 201 Å². The van der Waals surface area contributed by atoms with Gasteiger partial charge in [0.1, 0.15) is 0 Å². The number of aryl methyl sites for hydroxylation is 2. The zero-order valence-electron chi connectivity index (χ0n) is 20.7. The van der Waals surface area contributed by atoms with Gasteiger partial charge in [-0.05, 0) is 48.9 Å². The quantitative estimate of drug-likeness (QED) is 0.221. The van der Waals surface area contributed by atoms with Gasteiger partial charge in [-0.3, -0.25) is 4.98 Å². The average Bonchev–Trinajstić information content (AvgIpc) is 2.87. The summed E-state index contributed by atoms with van der Waals surface area (Å²) in [6.45, 7) is 4.52. The van der Waals surface area contributed by atoms with Gasteiger partial charge in [-0.2, -0.15) is 0 Å². The lowest BCUT2D eigenvalue weighted by Crippen LogP contribution is -1.94. The van der Waals surface area contributed by atoms with Gasteiger partial charge < -0.3 is 0 Å². The molecule has 1 aromatic carbocycles. The number of rotatable bonds is 15. The molecule has 176 valence electrons. The molecule has 33 heavy (non-hydrogen) atoms. The van der Waals surface area contributed by atoms with Gasteiger partial charge in [-0.15, -0.1) is 0 Å². The Kier molecular flexibility index (Phi) is 11.1. The van der Waals surface area contributed by atoms with Crippen molar-refractivity contribution >= 4 is 0 Å². The molecule has 0 saturated heterocycles. The topological polar surface area (TPSA) is 38.7 Å². The molecular weight excluding hydrogens is 402 g/mol. The van der Waals surface area contributed by atoms with Crippen LogP contribution >= 0.6 is 0 Å². The summed E-state index contributed by atoms with van der Waals surface area (Å²) in [4.78, 5) is 13.9. The third kappa shape index (κ3) is 8.72. The van der Waals surface area contributed by atoms with E-state index in [1.54, 1.807) is 0 Å². The molecule has 0 radical (unpaired) electrons. The van der Waals surface area contributed by atoms with Crippen LogP contribution in [0.4, 0.5) is 0 Å². The fraction of sp³-hybridized carbons (Fsp3) is 0.500. The van der Waals surface area contributed by atoms with E-state index in [0.717, 1.165) is 29.1 Å². The van der Waals surface area contributed by atoms with Crippen molar-refractivity contribution in [2.75, 3.05) is 0 Å². The monoisotopic (exact) mass is 443 g/mol. The zero-order chi connectivity index (χ0) is 23.1. The summed E-state index contributed by atoms with van der Waals surface area (Å²) in [6, 6.07) is 13.0. The summed E-state index contributed by atoms with van der Waals surface area (Å²) < 4.78 is 0. The highest BCUT2D eigenvalue weighted by Gasteiger charge is 2.05. The van der Waals surface area contributed by atoms with Crippen molar-refractivity contribution in [2.24, 2.45) is 0 Å². The number of hydrogen-bond donors (Lipinski definition) is 0. The van der Waals surface area contributed by atoms with Gasteiger partial charge in [0.2, 0.25) is 0 Å². The molecule has 0 fully saturated rings. The van der Waals surface area contributed by atoms with Crippen molar-refractivity contribution in [3.05, 3.63) is 66.1 Å². The van der Waals surface area contributed by atoms with Gasteiger partial charge in [0.15, 0.2) is 5.82 Å². The van der Waals surface area contributed by atoms with Crippen molar-refractivity contribution in [3.8, 4) is 22.6 Å². The predicted molar refractivity (Wildman–Crippen MR) is 140 cm³/mol. The van der Waals surface area contributed by atoms with Crippen LogP contribution in [0.1, 0.15) is 95.6 Å². The Morgan fingerprint density at radius 2 is 1.03 bits per heavy atom. The highest BCUT2D eigenvalue weighted by atomic mass is 14.9. The summed E-state index contributed by atoms with van der Waals surface area (Å²) >= 11 is 0. The molecule has 0 unspecified atom stereocenters. The van der Waals surface area contributed by atoms with E-state index in [0.29, 0.717) is 0 Å². The van der Waals surface area contributed by atoms with Crippen molar-refractivity contribution in [1.29, 1.82) is 0 Å². The van der Waals surface area contributed by atoms with Crippen LogP contribution in [-0.2, 0) is 12.8 Å². The van der Waals surface area contributed by atoms with E-state index >= 15 is 0 Å². The molecule has 0 bridgehead atoms. The SMILES string of the molecule is CCCCCCCCc1cnc(-c2ccc(-c3ccc(CCCCCCC)cc3)nc2)nc1. The highest BCUT2D eigenvalue weighted by molar-refractivity contribution is 5.63. The molecule has 0 saturated carbocycles. The number of pyridine rings is 1. The normalized spacial score (nSPS) is 11.1. The molecule has 3 rings (SSSR count). The largest absolute Gasteiger partial charge is 0.255 e. The van der Waals surface area contributed by atoms with Gasteiger partial charge >= 0.3 is 0 Å². The maximum atomic E-state index is 4.68. The molecule has 3 heteroatoms. The molecule has 0 atom stereocenters. The predicted octanol–water partition coefficient (Wildman–Crippen LogP) is 8.62. The van der Waals surface area contributed by atoms with E-state index in [1.807, 2.05) is 18.6 Å². The summed E-state index contributed by atoms with van der Waals surface area (Å²) in [5, 5.41) is 0. The van der Waals surface area contributed by atoms with E-state index in [1.165, 1.54) is 88.2 Å². The lowest BCUT2D eigenvalue weighted by Gasteiger charge is -2.06. The minimum absolute atomic E-state index is 0.749. The molecule has 2 aromatic heterocycles. The van der Waals surface area contributed by atoms with Crippen molar-refractivity contribution in [2.45, 2.75) is 97.3 Å². The summed E-state index contributed by atoms with van der Waals surface area (Å²) in [5.41, 5.74) is 5.76. The Morgan fingerprint density at radius 1 is 0.485 bits per heavy atom. The summed E-state index contributed by atoms with van der Waals surface area (Å²) in [6.07, 6.45) is 22.6. The molecule has 0 spiro atoms. The first kappa shape index (κ1) is 25.1. The van der Waals surface area contributed by atoms with Crippen LogP contribution in [0, 0.1) is 0 Å². The van der Waals surface area contributed by atoms with Gasteiger partial charge in [0.05, 0.1) is 5.69 Å². The second kappa shape index (κ2) is 14.6. The van der Waals surface area contributed by atoms with Gasteiger partial charge in [0.25, 0.3) is 0 Å². The van der Waals surface area contributed by atoms with E-state index in [9.17, 15) is 0 Å². The first-order chi connectivity index (χ1) is 16.3. The maximum Gasteiger partial charge on any atom is 0.160 e. The van der Waals surface area contributed by atoms with Crippen LogP contribution in [-0.4, -0.2) is 15.0 Å². The Balaban J connectivity index is 1.48. The molecule has 0 amide bonds. The van der Waals surface area contributed by atoms with Crippen molar-refractivity contribution < 1.29 is 0 Å². The smallest absolute Gasteiger partial charge is 0.160 e. The Bertz CT molecular complexity index is 899. The number of unbranched alkanes of at least 4 members (excludes halogenated alkanes) is 9. The molecule has 0 aliphatic carbocycles. The van der Waals surface area contributed by atoms with Gasteiger partial charge in [0, 0.05) is 29.7 Å². The minimum atomic E-state index is 0.749. The Morgan fingerprint density at radius 3 is 1.61 bits per heavy atom. The van der Waals surface area contributed by atoms with Crippen LogP contribution in [0.3, 0.4) is 0 Å². The molecule has 0 aliphatic rings. The number of aromatic nitrogens is 3. The second-order valence-corrected chi connectivity index (χ2v) is 9.23. The number of benzene rings is 1. The number of nitrogens with zero attached hydrogens (tertiary/aromatic N) is 3. The molecule has 0 aliphatic heterocycles. The van der Waals surface area contributed by atoms with Crippen LogP contribution in [0.25, 0.3) is 22.6 Å². The van der Waals surface area contributed by atoms with Gasteiger partial charge in [-0.25, -0.2) is 9.97 Å². The van der Waals surface area contributed by atoms with Crippen LogP contribution < -0.4 is 0 Å². The van der Waals surface area contributed by atoms with E-state index in [2.05, 4.69) is 65.2 Å². The molecule has 3 nitrogen and oxygen atoms in total.